The number of fused-ring (bicyclic) bond motifs is 4. The Morgan fingerprint density at radius 1 is 0.726 bits per heavy atom. The predicted octanol–water partition coefficient (Wildman–Crippen LogP) is 8.88. The van der Waals surface area contributed by atoms with Crippen molar-refractivity contribution in [3.63, 3.8) is 0 Å². The third-order valence-corrected chi connectivity index (χ3v) is 13.1. The second kappa shape index (κ2) is 20.5. The summed E-state index contributed by atoms with van der Waals surface area (Å²) in [6.07, 6.45) is 22.5. The highest BCUT2D eigenvalue weighted by Crippen LogP contribution is 2.34. The second-order valence-electron chi connectivity index (χ2n) is 15.4. The Hall–Kier alpha value is -6.24. The van der Waals surface area contributed by atoms with Gasteiger partial charge in [-0.2, -0.15) is 4.57 Å². The van der Waals surface area contributed by atoms with Crippen LogP contribution in [0.1, 0.15) is 34.0 Å². The lowest BCUT2D eigenvalue weighted by Gasteiger charge is -2.27. The number of aryl methyl sites for hydroxylation is 1. The largest absolute Gasteiger partial charge is 0.355 e. The lowest BCUT2D eigenvalue weighted by molar-refractivity contribution is -0.642. The van der Waals surface area contributed by atoms with Crippen LogP contribution in [0.2, 0.25) is 0 Å². The Bertz CT molecular complexity index is 2710. The number of hydrogen-bond acceptors (Lipinski definition) is 9. The van der Waals surface area contributed by atoms with Gasteiger partial charge in [-0.15, -0.1) is 11.3 Å². The number of aromatic nitrogens is 2. The van der Waals surface area contributed by atoms with E-state index in [1.165, 1.54) is 19.9 Å². The molecule has 62 heavy (non-hydrogen) atoms. The number of thiazole rings is 2. The van der Waals surface area contributed by atoms with E-state index >= 15 is 0 Å². The van der Waals surface area contributed by atoms with Crippen LogP contribution in [0, 0.1) is 0 Å². The highest BCUT2D eigenvalue weighted by Gasteiger charge is 2.20. The molecule has 0 unspecified atom stereocenters. The number of hydrogen-bond donors (Lipinski definition) is 2. The third kappa shape index (κ3) is 10.6. The first-order chi connectivity index (χ1) is 30.4. The number of para-hydroxylation sites is 4. The molecule has 0 atom stereocenters. The van der Waals surface area contributed by atoms with Crippen molar-refractivity contribution in [3.8, 4) is 0 Å². The molecule has 2 aromatic heterocycles. The molecular weight excluding hydrogens is 807 g/mol. The van der Waals surface area contributed by atoms with Crippen LogP contribution in [-0.2, 0) is 16.6 Å². The van der Waals surface area contributed by atoms with Gasteiger partial charge in [-0.1, -0.05) is 96.3 Å². The number of nitrogens with one attached hydrogen (secondary N) is 2. The molecule has 0 bridgehead atoms. The van der Waals surface area contributed by atoms with E-state index in [1.807, 2.05) is 76.8 Å². The minimum Gasteiger partial charge on any atom is -0.355 e. The molecule has 0 saturated carbocycles. The van der Waals surface area contributed by atoms with E-state index in [-0.39, 0.29) is 18.2 Å². The molecule has 1 amide bonds. The van der Waals surface area contributed by atoms with Gasteiger partial charge in [0, 0.05) is 53.6 Å². The van der Waals surface area contributed by atoms with Gasteiger partial charge in [-0.25, -0.2) is 4.98 Å². The zero-order chi connectivity index (χ0) is 42.7. The van der Waals surface area contributed by atoms with Crippen molar-refractivity contribution in [1.82, 2.24) is 20.5 Å². The fourth-order valence-corrected chi connectivity index (χ4v) is 9.67. The van der Waals surface area contributed by atoms with Crippen LogP contribution in [0.4, 0.5) is 11.4 Å². The Morgan fingerprint density at radius 3 is 2.05 bits per heavy atom. The molecule has 2 aliphatic heterocycles. The molecular formula is C51H52N7O2S2+. The van der Waals surface area contributed by atoms with Gasteiger partial charge in [-0.3, -0.25) is 9.59 Å². The standard InChI is InChI=1S/C51H51N7O2S2/c1-55(32-14-30-53-49(60)37-58-34-28-38(42-18-4-7-21-45(42)58)15-11-25-50-54-43-19-5-9-23-47(43)61-50)31-13-29-52-35-40(59)36-57-33-27-39(41-17-3-6-20-44(41)57)16-12-26-51-56(2)46-22-8-10-24-48(46)62-51/h3-12,15-28,33-34,52H,13-14,29-32,35-37H2,1-2H3/p+1/b25-11-,38-15-. The third-order valence-electron chi connectivity index (χ3n) is 10.9. The fraction of sp³-hybridized carbons (Fsp3) is 0.216. The molecule has 6 aromatic rings. The maximum absolute atomic E-state index is 13.0. The van der Waals surface area contributed by atoms with Crippen LogP contribution < -0.4 is 25.0 Å². The van der Waals surface area contributed by atoms with Gasteiger partial charge >= 0.3 is 0 Å². The Kier molecular flexibility index (Phi) is 14.1. The number of allylic oxidation sites excluding steroid dienone is 8. The first-order valence-electron chi connectivity index (χ1n) is 21.2. The Morgan fingerprint density at radius 2 is 1.34 bits per heavy atom. The van der Waals surface area contributed by atoms with Crippen LogP contribution in [0.25, 0.3) is 43.7 Å². The van der Waals surface area contributed by atoms with Crippen molar-refractivity contribution in [1.29, 1.82) is 0 Å². The maximum atomic E-state index is 13.0. The predicted molar refractivity (Wildman–Crippen MR) is 260 cm³/mol. The summed E-state index contributed by atoms with van der Waals surface area (Å²) < 4.78 is 4.67. The number of nitrogens with zero attached hydrogens (tertiary/aromatic N) is 5. The zero-order valence-corrected chi connectivity index (χ0v) is 36.9. The van der Waals surface area contributed by atoms with E-state index in [0.717, 1.165) is 76.6 Å². The number of rotatable bonds is 18. The van der Waals surface area contributed by atoms with Gasteiger partial charge in [0.15, 0.2) is 5.78 Å². The molecule has 0 saturated heterocycles. The van der Waals surface area contributed by atoms with Gasteiger partial charge in [0.1, 0.15) is 23.3 Å². The lowest BCUT2D eigenvalue weighted by Crippen LogP contribution is -2.37. The van der Waals surface area contributed by atoms with E-state index in [9.17, 15) is 9.59 Å². The molecule has 2 N–H and O–H groups in total. The normalized spacial score (nSPS) is 15.0. The van der Waals surface area contributed by atoms with Gasteiger partial charge in [-0.05, 0) is 99.2 Å². The number of benzene rings is 4. The van der Waals surface area contributed by atoms with Gasteiger partial charge in [0.2, 0.25) is 11.4 Å². The molecule has 8 rings (SSSR count). The fourth-order valence-electron chi connectivity index (χ4n) is 7.73. The monoisotopic (exact) mass is 858 g/mol. The van der Waals surface area contributed by atoms with E-state index in [1.54, 1.807) is 22.7 Å². The van der Waals surface area contributed by atoms with E-state index < -0.39 is 0 Å². The summed E-state index contributed by atoms with van der Waals surface area (Å²) in [6, 6.07) is 33.1. The lowest BCUT2D eigenvalue weighted by atomic mass is 9.99. The zero-order valence-electron chi connectivity index (χ0n) is 35.2. The summed E-state index contributed by atoms with van der Waals surface area (Å²) in [5.41, 5.74) is 8.70. The van der Waals surface area contributed by atoms with Crippen LogP contribution in [0.5, 0.6) is 0 Å². The van der Waals surface area contributed by atoms with E-state index in [0.29, 0.717) is 19.6 Å². The number of amides is 1. The molecule has 0 spiro atoms. The Labute approximate surface area is 372 Å². The van der Waals surface area contributed by atoms with Crippen molar-refractivity contribution in [2.75, 3.05) is 62.7 Å². The van der Waals surface area contributed by atoms with Crippen LogP contribution >= 0.6 is 22.7 Å². The van der Waals surface area contributed by atoms with Gasteiger partial charge in [0.25, 0.3) is 5.01 Å². The first kappa shape index (κ1) is 42.5. The smallest absolute Gasteiger partial charge is 0.262 e. The Balaban J connectivity index is 0.716. The molecule has 11 heteroatoms. The summed E-state index contributed by atoms with van der Waals surface area (Å²) in [4.78, 5) is 37.1. The highest BCUT2D eigenvalue weighted by molar-refractivity contribution is 7.19. The summed E-state index contributed by atoms with van der Waals surface area (Å²) in [5, 5.41) is 8.61. The van der Waals surface area contributed by atoms with Crippen LogP contribution in [0.3, 0.4) is 0 Å². The molecule has 0 fully saturated rings. The second-order valence-corrected chi connectivity index (χ2v) is 17.6. The van der Waals surface area contributed by atoms with Crippen molar-refractivity contribution in [3.05, 3.63) is 167 Å². The van der Waals surface area contributed by atoms with Crippen molar-refractivity contribution in [2.45, 2.75) is 12.8 Å². The topological polar surface area (TPSA) is 84.7 Å². The molecule has 2 aliphatic rings. The summed E-state index contributed by atoms with van der Waals surface area (Å²) in [5.74, 6) is 0.141. The average Bonchev–Trinajstić information content (AvgIpc) is 3.86. The quantitative estimate of drug-likeness (QED) is 0.0661. The molecule has 4 aromatic carbocycles. The number of carbonyl (C=O) groups is 2. The summed E-state index contributed by atoms with van der Waals surface area (Å²) in [7, 11) is 4.20. The highest BCUT2D eigenvalue weighted by atomic mass is 32.1. The molecule has 0 aliphatic carbocycles. The number of carbonyl (C=O) groups excluding carboxylic acids is 2. The van der Waals surface area contributed by atoms with Crippen molar-refractivity contribution >= 4 is 89.5 Å². The van der Waals surface area contributed by atoms with Gasteiger partial charge in [0.05, 0.1) is 23.3 Å². The van der Waals surface area contributed by atoms with Crippen molar-refractivity contribution in [2.24, 2.45) is 7.05 Å². The minimum atomic E-state index is -0.00478. The molecule has 314 valence electrons. The summed E-state index contributed by atoms with van der Waals surface area (Å²) >= 11 is 3.46. The van der Waals surface area contributed by atoms with E-state index in [2.05, 4.69) is 125 Å². The minimum absolute atomic E-state index is 0.00478. The average molecular weight is 859 g/mol. The van der Waals surface area contributed by atoms with Crippen molar-refractivity contribution < 1.29 is 14.2 Å². The van der Waals surface area contributed by atoms with Crippen LogP contribution in [0.15, 0.2) is 146 Å². The van der Waals surface area contributed by atoms with Gasteiger partial charge < -0.3 is 25.3 Å². The SMILES string of the molecule is CN(CCCNCC(=O)CN1C=C/C(=C/C=C/c2sc3ccccc3[n+]2C)c2ccccc21)CCCNC(=O)CN1C=C/C(=C/C=C\c2nc3ccccc3s2)c2ccccc21. The first-order valence-corrected chi connectivity index (χ1v) is 22.8. The molecule has 9 nitrogen and oxygen atoms in total. The number of anilines is 2. The molecule has 4 heterocycles. The summed E-state index contributed by atoms with van der Waals surface area (Å²) in [6.45, 7) is 4.06. The molecule has 0 radical (unpaired) electrons. The van der Waals surface area contributed by atoms with Crippen LogP contribution in [-0.4, -0.2) is 74.4 Å². The number of ketones is 1. The maximum Gasteiger partial charge on any atom is 0.262 e. The van der Waals surface area contributed by atoms with E-state index in [4.69, 9.17) is 4.98 Å². The number of Topliss-reactive ketones (excluding diaryl/α,β-unsaturated/α-hetero) is 1.